The van der Waals surface area contributed by atoms with Crippen molar-refractivity contribution < 1.29 is 14.3 Å². The summed E-state index contributed by atoms with van der Waals surface area (Å²) in [7, 11) is 5.53. The molecule has 2 aromatic heterocycles. The van der Waals surface area contributed by atoms with E-state index in [9.17, 15) is 9.59 Å². The number of hydrogen-bond donors (Lipinski definition) is 0. The molecule has 6 heteroatoms. The van der Waals surface area contributed by atoms with Gasteiger partial charge in [-0.15, -0.1) is 0 Å². The highest BCUT2D eigenvalue weighted by Crippen LogP contribution is 2.41. The van der Waals surface area contributed by atoms with Gasteiger partial charge in [-0.1, -0.05) is 12.1 Å². The van der Waals surface area contributed by atoms with E-state index in [-0.39, 0.29) is 11.6 Å². The van der Waals surface area contributed by atoms with Gasteiger partial charge in [0.2, 0.25) is 0 Å². The fourth-order valence-corrected chi connectivity index (χ4v) is 4.49. The molecule has 0 saturated carbocycles. The molecule has 2 heterocycles. The van der Waals surface area contributed by atoms with Crippen LogP contribution >= 0.6 is 0 Å². The molecule has 0 bridgehead atoms. The predicted molar refractivity (Wildman–Crippen MR) is 112 cm³/mol. The van der Waals surface area contributed by atoms with Gasteiger partial charge in [-0.3, -0.25) is 14.0 Å². The Morgan fingerprint density at radius 1 is 1.10 bits per heavy atom. The first-order chi connectivity index (χ1) is 14.0. The molecular weight excluding hydrogens is 366 g/mol. The summed E-state index contributed by atoms with van der Waals surface area (Å²) in [5, 5.41) is 2.75. The average molecular weight is 387 g/mol. The summed E-state index contributed by atoms with van der Waals surface area (Å²) in [6, 6.07) is 9.81. The molecule has 0 radical (unpaired) electrons. The van der Waals surface area contributed by atoms with Gasteiger partial charge in [0.15, 0.2) is 11.6 Å². The van der Waals surface area contributed by atoms with E-state index in [1.165, 1.54) is 0 Å². The van der Waals surface area contributed by atoms with Crippen molar-refractivity contribution in [3.05, 3.63) is 54.0 Å². The van der Waals surface area contributed by atoms with Crippen LogP contribution in [-0.4, -0.2) is 53.6 Å². The summed E-state index contributed by atoms with van der Waals surface area (Å²) in [6.07, 6.45) is 3.77. The molecule has 0 aliphatic heterocycles. The number of fused-ring (bicyclic) bond motifs is 5. The van der Waals surface area contributed by atoms with E-state index in [0.717, 1.165) is 27.4 Å². The van der Waals surface area contributed by atoms with Gasteiger partial charge in [0.05, 0.1) is 41.5 Å². The average Bonchev–Trinajstić information content (AvgIpc) is 3.07. The van der Waals surface area contributed by atoms with Crippen LogP contribution in [0.3, 0.4) is 0 Å². The third kappa shape index (κ3) is 2.42. The molecule has 1 atom stereocenters. The van der Waals surface area contributed by atoms with Crippen LogP contribution in [0, 0.1) is 5.92 Å². The number of aromatic nitrogens is 2. The topological polar surface area (TPSA) is 63.9 Å². The molecule has 2 aromatic carbocycles. The van der Waals surface area contributed by atoms with Crippen LogP contribution in [0.1, 0.15) is 27.1 Å². The molecule has 1 unspecified atom stereocenters. The number of benzene rings is 2. The van der Waals surface area contributed by atoms with Crippen LogP contribution in [0.5, 0.6) is 5.75 Å². The molecular formula is C23H21N3O3. The molecule has 1 aliphatic rings. The van der Waals surface area contributed by atoms with Crippen molar-refractivity contribution >= 4 is 38.8 Å². The highest BCUT2D eigenvalue weighted by Gasteiger charge is 2.38. The minimum atomic E-state index is -0.677. The van der Waals surface area contributed by atoms with Crippen LogP contribution in [0.15, 0.2) is 42.9 Å². The van der Waals surface area contributed by atoms with Crippen LogP contribution in [0.25, 0.3) is 27.2 Å². The fraction of sp³-hybridized carbons (Fsp3) is 0.261. The summed E-state index contributed by atoms with van der Waals surface area (Å²) < 4.78 is 7.40. The van der Waals surface area contributed by atoms with Gasteiger partial charge in [-0.05, 0) is 50.6 Å². The van der Waals surface area contributed by atoms with E-state index < -0.39 is 5.92 Å². The van der Waals surface area contributed by atoms with Gasteiger partial charge in [-0.2, -0.15) is 0 Å². The maximum Gasteiger partial charge on any atom is 0.177 e. The molecule has 0 N–H and O–H groups in total. The Bertz CT molecular complexity index is 1320. The van der Waals surface area contributed by atoms with E-state index in [2.05, 4.69) is 4.98 Å². The maximum atomic E-state index is 13.6. The minimum Gasteiger partial charge on any atom is -0.496 e. The Morgan fingerprint density at radius 3 is 2.69 bits per heavy atom. The smallest absolute Gasteiger partial charge is 0.177 e. The fourth-order valence-electron chi connectivity index (χ4n) is 4.49. The van der Waals surface area contributed by atoms with Crippen molar-refractivity contribution in [1.82, 2.24) is 14.3 Å². The number of methoxy groups -OCH3 is 1. The molecule has 0 fully saturated rings. The molecule has 4 aromatic rings. The van der Waals surface area contributed by atoms with Crippen molar-refractivity contribution in [2.75, 3.05) is 27.7 Å². The molecule has 0 amide bonds. The summed E-state index contributed by atoms with van der Waals surface area (Å²) in [6.45, 7) is 0.668. The van der Waals surface area contributed by atoms with Crippen molar-refractivity contribution in [1.29, 1.82) is 0 Å². The molecule has 146 valence electrons. The van der Waals surface area contributed by atoms with Crippen molar-refractivity contribution in [2.45, 2.75) is 6.42 Å². The molecule has 1 aliphatic carbocycles. The van der Waals surface area contributed by atoms with E-state index >= 15 is 0 Å². The van der Waals surface area contributed by atoms with Gasteiger partial charge in [0, 0.05) is 17.0 Å². The first kappa shape index (κ1) is 17.8. The maximum absolute atomic E-state index is 13.6. The second kappa shape index (κ2) is 6.39. The Morgan fingerprint density at radius 2 is 1.93 bits per heavy atom. The molecule has 0 saturated heterocycles. The van der Waals surface area contributed by atoms with E-state index in [4.69, 9.17) is 4.74 Å². The highest BCUT2D eigenvalue weighted by molar-refractivity contribution is 6.33. The molecule has 5 rings (SSSR count). The molecule has 0 spiro atoms. The number of carbonyl (C=O) groups excluding carboxylic acids is 2. The van der Waals surface area contributed by atoms with Crippen LogP contribution in [0.2, 0.25) is 0 Å². The second-order valence-corrected chi connectivity index (χ2v) is 7.79. The SMILES string of the molecule is COc1cccc2c1ccc1c2c2c3c(cncn31)C(=O)C(CCN(C)C)C2=O. The third-order valence-corrected chi connectivity index (χ3v) is 5.86. The number of carbonyl (C=O) groups is 2. The number of ether oxygens (including phenoxy) is 1. The number of nitrogens with zero attached hydrogens (tertiary/aromatic N) is 3. The molecule has 29 heavy (non-hydrogen) atoms. The lowest BCUT2D eigenvalue weighted by molar-refractivity contribution is 0.0788. The number of Topliss-reactive ketones (excluding diaryl/α,β-unsaturated/α-hetero) is 2. The van der Waals surface area contributed by atoms with Gasteiger partial charge in [-0.25, -0.2) is 4.98 Å². The highest BCUT2D eigenvalue weighted by atomic mass is 16.5. The zero-order valence-electron chi connectivity index (χ0n) is 16.6. The Kier molecular flexibility index (Phi) is 3.93. The lowest BCUT2D eigenvalue weighted by Gasteiger charge is -2.22. The van der Waals surface area contributed by atoms with Gasteiger partial charge >= 0.3 is 0 Å². The monoisotopic (exact) mass is 387 g/mol. The molecule has 6 nitrogen and oxygen atoms in total. The summed E-state index contributed by atoms with van der Waals surface area (Å²) in [5.74, 6) is -0.149. The van der Waals surface area contributed by atoms with Gasteiger partial charge < -0.3 is 9.64 Å². The lowest BCUT2D eigenvalue weighted by atomic mass is 9.81. The standard InChI is InChI=1S/C23H21N3O3/c1-25(2)10-9-15-22(27)16-11-24-12-26-17-8-7-13-14(5-4-6-18(13)29-3)19(17)20(21(16)26)23(15)28/h4-8,11-12,15H,9-10H2,1-3H3. The Hall–Kier alpha value is -3.25. The first-order valence-corrected chi connectivity index (χ1v) is 9.63. The second-order valence-electron chi connectivity index (χ2n) is 7.79. The predicted octanol–water partition coefficient (Wildman–Crippen LogP) is 3.60. The number of ketones is 2. The van der Waals surface area contributed by atoms with E-state index in [0.29, 0.717) is 29.6 Å². The number of hydrogen-bond acceptors (Lipinski definition) is 5. The van der Waals surface area contributed by atoms with Crippen LogP contribution in [-0.2, 0) is 0 Å². The van der Waals surface area contributed by atoms with Gasteiger partial charge in [0.1, 0.15) is 5.75 Å². The van der Waals surface area contributed by atoms with Gasteiger partial charge in [0.25, 0.3) is 0 Å². The zero-order chi connectivity index (χ0) is 20.3. The number of rotatable bonds is 4. The van der Waals surface area contributed by atoms with Crippen molar-refractivity contribution in [3.63, 3.8) is 0 Å². The quantitative estimate of drug-likeness (QED) is 0.501. The van der Waals surface area contributed by atoms with E-state index in [1.807, 2.05) is 53.7 Å². The van der Waals surface area contributed by atoms with Crippen LogP contribution < -0.4 is 4.74 Å². The third-order valence-electron chi connectivity index (χ3n) is 5.86. The largest absolute Gasteiger partial charge is 0.496 e. The zero-order valence-corrected chi connectivity index (χ0v) is 16.6. The normalized spacial score (nSPS) is 16.5. The van der Waals surface area contributed by atoms with Crippen molar-refractivity contribution in [3.8, 4) is 5.75 Å². The summed E-state index contributed by atoms with van der Waals surface area (Å²) in [4.78, 5) is 33.0. The van der Waals surface area contributed by atoms with Crippen molar-refractivity contribution in [2.24, 2.45) is 5.92 Å². The first-order valence-electron chi connectivity index (χ1n) is 9.63. The summed E-state index contributed by atoms with van der Waals surface area (Å²) >= 11 is 0. The summed E-state index contributed by atoms with van der Waals surface area (Å²) in [5.41, 5.74) is 2.69. The Balaban J connectivity index is 1.89. The van der Waals surface area contributed by atoms with E-state index in [1.54, 1.807) is 19.6 Å². The van der Waals surface area contributed by atoms with Crippen LogP contribution in [0.4, 0.5) is 0 Å². The Labute approximate surface area is 167 Å². The minimum absolute atomic E-state index is 0.0987. The lowest BCUT2D eigenvalue weighted by Crippen LogP contribution is -2.32.